The minimum atomic E-state index is 0.684. The molecule has 2 aromatic carbocycles. The summed E-state index contributed by atoms with van der Waals surface area (Å²) in [4.78, 5) is 12.0. The van der Waals surface area contributed by atoms with Crippen LogP contribution in [0.2, 0.25) is 5.02 Å². The van der Waals surface area contributed by atoms with Crippen LogP contribution in [0.5, 0.6) is 0 Å². The third kappa shape index (κ3) is 3.96. The van der Waals surface area contributed by atoms with Crippen LogP contribution in [0, 0.1) is 0 Å². The average Bonchev–Trinajstić information content (AvgIpc) is 3.43. The van der Waals surface area contributed by atoms with Gasteiger partial charge in [0, 0.05) is 30.3 Å². The quantitative estimate of drug-likeness (QED) is 0.474. The summed E-state index contributed by atoms with van der Waals surface area (Å²) in [6.07, 6.45) is 5.09. The van der Waals surface area contributed by atoms with Crippen molar-refractivity contribution in [2.75, 3.05) is 23.3 Å². The zero-order chi connectivity index (χ0) is 20.3. The Kier molecular flexibility index (Phi) is 5.24. The summed E-state index contributed by atoms with van der Waals surface area (Å²) in [7, 11) is 0. The molecule has 6 nitrogen and oxygen atoms in total. The average molecular weight is 419 g/mol. The number of hydrogen-bond donors (Lipinski definition) is 1. The molecule has 1 saturated heterocycles. The fourth-order valence-electron chi connectivity index (χ4n) is 3.84. The van der Waals surface area contributed by atoms with E-state index in [1.165, 1.54) is 18.4 Å². The van der Waals surface area contributed by atoms with E-state index in [1.807, 2.05) is 41.2 Å². The number of benzene rings is 2. The Hall–Kier alpha value is -3.12. The molecule has 30 heavy (non-hydrogen) atoms. The molecule has 152 valence electrons. The lowest BCUT2D eigenvalue weighted by Gasteiger charge is -2.17. The first-order chi connectivity index (χ1) is 14.8. The molecule has 5 rings (SSSR count). The fraction of sp³-hybridized carbons (Fsp3) is 0.261. The zero-order valence-electron chi connectivity index (χ0n) is 16.6. The smallest absolute Gasteiger partial charge is 0.229 e. The molecule has 0 amide bonds. The normalized spacial score (nSPS) is 13.8. The van der Waals surface area contributed by atoms with Crippen LogP contribution in [0.3, 0.4) is 0 Å². The first kappa shape index (κ1) is 18.9. The summed E-state index contributed by atoms with van der Waals surface area (Å²) in [5, 5.41) is 9.64. The molecule has 0 aliphatic carbocycles. The van der Waals surface area contributed by atoms with Crippen molar-refractivity contribution in [3.8, 4) is 0 Å². The predicted octanol–water partition coefficient (Wildman–Crippen LogP) is 5.07. The monoisotopic (exact) mass is 418 g/mol. The Labute approximate surface area is 180 Å². The van der Waals surface area contributed by atoms with Gasteiger partial charge in [-0.15, -0.1) is 0 Å². The first-order valence-electron chi connectivity index (χ1n) is 10.3. The molecular formula is C23H23ClN6. The van der Waals surface area contributed by atoms with Gasteiger partial charge in [0.15, 0.2) is 5.65 Å². The molecule has 0 radical (unpaired) electrons. The van der Waals surface area contributed by atoms with Gasteiger partial charge in [-0.05, 0) is 43.0 Å². The van der Waals surface area contributed by atoms with Crippen LogP contribution in [0.25, 0.3) is 11.0 Å². The first-order valence-corrected chi connectivity index (χ1v) is 10.7. The lowest BCUT2D eigenvalue weighted by molar-refractivity contribution is 0.629. The van der Waals surface area contributed by atoms with Crippen LogP contribution in [0.15, 0.2) is 60.8 Å². The molecular weight excluding hydrogens is 396 g/mol. The Morgan fingerprint density at radius 3 is 2.60 bits per heavy atom. The topological polar surface area (TPSA) is 58.9 Å². The maximum absolute atomic E-state index is 6.17. The lowest BCUT2D eigenvalue weighted by atomic mass is 10.1. The summed E-state index contributed by atoms with van der Waals surface area (Å²) in [5.41, 5.74) is 3.03. The molecule has 1 aliphatic rings. The number of hydrogen-bond acceptors (Lipinski definition) is 5. The van der Waals surface area contributed by atoms with E-state index >= 15 is 0 Å². The van der Waals surface area contributed by atoms with Gasteiger partial charge in [-0.1, -0.05) is 48.0 Å². The SMILES string of the molecule is Clc1cccc(Nc2nc(N3CCCC3)nc3c2cnn3CCc2ccccc2)c1. The molecule has 0 atom stereocenters. The van der Waals surface area contributed by atoms with Crippen molar-refractivity contribution in [1.29, 1.82) is 0 Å². The molecule has 1 N–H and O–H groups in total. The van der Waals surface area contributed by atoms with Gasteiger partial charge in [-0.3, -0.25) is 0 Å². The van der Waals surface area contributed by atoms with Crippen LogP contribution in [-0.2, 0) is 13.0 Å². The van der Waals surface area contributed by atoms with Gasteiger partial charge in [0.2, 0.25) is 5.95 Å². The molecule has 7 heteroatoms. The van der Waals surface area contributed by atoms with Gasteiger partial charge in [0.1, 0.15) is 5.82 Å². The zero-order valence-corrected chi connectivity index (χ0v) is 17.4. The van der Waals surface area contributed by atoms with Gasteiger partial charge in [0.05, 0.1) is 11.6 Å². The van der Waals surface area contributed by atoms with Crippen molar-refractivity contribution in [1.82, 2.24) is 19.7 Å². The van der Waals surface area contributed by atoms with Crippen LogP contribution in [-0.4, -0.2) is 32.8 Å². The molecule has 3 heterocycles. The third-order valence-corrected chi connectivity index (χ3v) is 5.65. The molecule has 1 fully saturated rings. The van der Waals surface area contributed by atoms with Crippen LogP contribution in [0.4, 0.5) is 17.5 Å². The highest BCUT2D eigenvalue weighted by Gasteiger charge is 2.20. The second-order valence-electron chi connectivity index (χ2n) is 7.54. The van der Waals surface area contributed by atoms with E-state index in [4.69, 9.17) is 21.6 Å². The third-order valence-electron chi connectivity index (χ3n) is 5.42. The summed E-state index contributed by atoms with van der Waals surface area (Å²) in [5.74, 6) is 1.51. The number of aryl methyl sites for hydroxylation is 2. The molecule has 0 unspecified atom stereocenters. The molecule has 0 bridgehead atoms. The molecule has 1 aliphatic heterocycles. The van der Waals surface area contributed by atoms with E-state index in [-0.39, 0.29) is 0 Å². The van der Waals surface area contributed by atoms with Gasteiger partial charge < -0.3 is 10.2 Å². The number of anilines is 3. The number of aromatic nitrogens is 4. The van der Waals surface area contributed by atoms with Crippen molar-refractivity contribution in [2.45, 2.75) is 25.8 Å². The van der Waals surface area contributed by atoms with Crippen LogP contribution >= 0.6 is 11.6 Å². The van der Waals surface area contributed by atoms with E-state index in [2.05, 4.69) is 39.6 Å². The number of rotatable bonds is 6. The van der Waals surface area contributed by atoms with Crippen molar-refractivity contribution in [3.05, 3.63) is 71.4 Å². The van der Waals surface area contributed by atoms with E-state index < -0.39 is 0 Å². The van der Waals surface area contributed by atoms with Crippen molar-refractivity contribution < 1.29 is 0 Å². The number of halogens is 1. The second-order valence-corrected chi connectivity index (χ2v) is 7.98. The number of nitrogens with zero attached hydrogens (tertiary/aromatic N) is 5. The van der Waals surface area contributed by atoms with Crippen molar-refractivity contribution >= 4 is 40.1 Å². The number of fused-ring (bicyclic) bond motifs is 1. The Bertz CT molecular complexity index is 1150. The highest BCUT2D eigenvalue weighted by Crippen LogP contribution is 2.28. The molecule has 2 aromatic heterocycles. The lowest BCUT2D eigenvalue weighted by Crippen LogP contribution is -2.21. The van der Waals surface area contributed by atoms with E-state index in [9.17, 15) is 0 Å². The highest BCUT2D eigenvalue weighted by atomic mass is 35.5. The van der Waals surface area contributed by atoms with Crippen molar-refractivity contribution in [3.63, 3.8) is 0 Å². The van der Waals surface area contributed by atoms with Crippen LogP contribution < -0.4 is 10.2 Å². The largest absolute Gasteiger partial charge is 0.341 e. The van der Waals surface area contributed by atoms with Gasteiger partial charge in [0.25, 0.3) is 0 Å². The van der Waals surface area contributed by atoms with Crippen LogP contribution in [0.1, 0.15) is 18.4 Å². The molecule has 0 spiro atoms. The van der Waals surface area contributed by atoms with Gasteiger partial charge >= 0.3 is 0 Å². The maximum Gasteiger partial charge on any atom is 0.229 e. The van der Waals surface area contributed by atoms with E-state index in [0.717, 1.165) is 54.5 Å². The van der Waals surface area contributed by atoms with Gasteiger partial charge in [-0.2, -0.15) is 15.1 Å². The fourth-order valence-corrected chi connectivity index (χ4v) is 4.03. The summed E-state index contributed by atoms with van der Waals surface area (Å²) in [6, 6.07) is 18.1. The summed E-state index contributed by atoms with van der Waals surface area (Å²) < 4.78 is 1.98. The maximum atomic E-state index is 6.17. The molecule has 0 saturated carbocycles. The Morgan fingerprint density at radius 2 is 1.80 bits per heavy atom. The number of nitrogens with one attached hydrogen (secondary N) is 1. The summed E-state index contributed by atoms with van der Waals surface area (Å²) in [6.45, 7) is 2.74. The Balaban J connectivity index is 1.52. The summed E-state index contributed by atoms with van der Waals surface area (Å²) >= 11 is 6.17. The Morgan fingerprint density at radius 1 is 0.967 bits per heavy atom. The van der Waals surface area contributed by atoms with E-state index in [1.54, 1.807) is 0 Å². The minimum Gasteiger partial charge on any atom is -0.341 e. The highest BCUT2D eigenvalue weighted by molar-refractivity contribution is 6.30. The molecule has 4 aromatic rings. The standard InChI is InChI=1S/C23H23ClN6/c24-18-9-6-10-19(15-18)26-21-20-16-25-30(14-11-17-7-2-1-3-8-17)22(20)28-23(27-21)29-12-4-5-13-29/h1-3,6-10,15-16H,4-5,11-14H2,(H,26,27,28). The van der Waals surface area contributed by atoms with E-state index in [0.29, 0.717) is 5.02 Å². The van der Waals surface area contributed by atoms with Crippen molar-refractivity contribution in [2.24, 2.45) is 0 Å². The predicted molar refractivity (Wildman–Crippen MR) is 122 cm³/mol. The minimum absolute atomic E-state index is 0.684. The van der Waals surface area contributed by atoms with Gasteiger partial charge in [-0.25, -0.2) is 4.68 Å². The second kappa shape index (κ2) is 8.32.